The molecule has 7 nitrogen and oxygen atoms in total. The van der Waals surface area contributed by atoms with E-state index in [1.165, 1.54) is 6.07 Å². The van der Waals surface area contributed by atoms with Crippen molar-refractivity contribution in [1.29, 1.82) is 0 Å². The highest BCUT2D eigenvalue weighted by Crippen LogP contribution is 2.44. The van der Waals surface area contributed by atoms with Gasteiger partial charge in [0.05, 0.1) is 15.9 Å². The van der Waals surface area contributed by atoms with Crippen molar-refractivity contribution in [3.8, 4) is 5.75 Å². The smallest absolute Gasteiger partial charge is 0.343 e. The fourth-order valence-corrected chi connectivity index (χ4v) is 3.57. The lowest BCUT2D eigenvalue weighted by Gasteiger charge is -2.31. The monoisotopic (exact) mass is 367 g/mol. The summed E-state index contributed by atoms with van der Waals surface area (Å²) < 4.78 is 17.1. The summed E-state index contributed by atoms with van der Waals surface area (Å²) in [6, 6.07) is 13.5. The van der Waals surface area contributed by atoms with Crippen LogP contribution in [0.15, 0.2) is 57.7 Å². The average Bonchev–Trinajstić information content (AvgIpc) is 2.67. The fraction of sp³-hybridized carbons (Fsp3) is 0.250. The van der Waals surface area contributed by atoms with Gasteiger partial charge in [-0.3, -0.25) is 10.1 Å². The van der Waals surface area contributed by atoms with Gasteiger partial charge in [-0.25, -0.2) is 4.79 Å². The van der Waals surface area contributed by atoms with E-state index >= 15 is 0 Å². The SMILES string of the molecule is CCO[C@H]1C[C@H](c2ccccc2[N+](=O)[O-])c2c(c3ccccc3oc2=O)O1. The second kappa shape index (κ2) is 6.85. The summed E-state index contributed by atoms with van der Waals surface area (Å²) in [5.74, 6) is -0.192. The van der Waals surface area contributed by atoms with Gasteiger partial charge < -0.3 is 13.9 Å². The Kier molecular flexibility index (Phi) is 4.37. The first-order valence-electron chi connectivity index (χ1n) is 8.67. The number of nitro benzene ring substituents is 1. The Morgan fingerprint density at radius 2 is 1.93 bits per heavy atom. The van der Waals surface area contributed by atoms with Crippen LogP contribution in [-0.2, 0) is 4.74 Å². The number of nitro groups is 1. The molecule has 7 heteroatoms. The first kappa shape index (κ1) is 17.2. The third-order valence-electron chi connectivity index (χ3n) is 4.69. The van der Waals surface area contributed by atoms with E-state index in [0.29, 0.717) is 34.5 Å². The Labute approximate surface area is 154 Å². The zero-order valence-electron chi connectivity index (χ0n) is 14.6. The highest BCUT2D eigenvalue weighted by atomic mass is 16.7. The molecule has 0 aliphatic carbocycles. The predicted molar refractivity (Wildman–Crippen MR) is 98.1 cm³/mol. The molecule has 0 N–H and O–H groups in total. The fourth-order valence-electron chi connectivity index (χ4n) is 3.57. The van der Waals surface area contributed by atoms with Gasteiger partial charge in [0, 0.05) is 30.6 Å². The van der Waals surface area contributed by atoms with Crippen LogP contribution in [-0.4, -0.2) is 17.8 Å². The molecule has 138 valence electrons. The van der Waals surface area contributed by atoms with Crippen LogP contribution in [0.2, 0.25) is 0 Å². The maximum atomic E-state index is 12.7. The van der Waals surface area contributed by atoms with Crippen molar-refractivity contribution in [3.63, 3.8) is 0 Å². The molecule has 4 rings (SSSR count). The molecule has 0 saturated carbocycles. The van der Waals surface area contributed by atoms with Crippen molar-refractivity contribution in [1.82, 2.24) is 0 Å². The minimum absolute atomic E-state index is 0.0434. The van der Waals surface area contributed by atoms with E-state index < -0.39 is 22.8 Å². The van der Waals surface area contributed by atoms with Gasteiger partial charge in [0.25, 0.3) is 5.69 Å². The van der Waals surface area contributed by atoms with Crippen molar-refractivity contribution in [2.45, 2.75) is 25.6 Å². The molecule has 0 bridgehead atoms. The van der Waals surface area contributed by atoms with E-state index in [0.717, 1.165) is 0 Å². The van der Waals surface area contributed by atoms with E-state index in [-0.39, 0.29) is 12.1 Å². The van der Waals surface area contributed by atoms with Crippen molar-refractivity contribution < 1.29 is 18.8 Å². The lowest BCUT2D eigenvalue weighted by atomic mass is 9.85. The van der Waals surface area contributed by atoms with Crippen LogP contribution in [0, 0.1) is 10.1 Å². The maximum Gasteiger partial charge on any atom is 0.343 e. The van der Waals surface area contributed by atoms with Gasteiger partial charge in [-0.15, -0.1) is 0 Å². The van der Waals surface area contributed by atoms with E-state index in [4.69, 9.17) is 13.9 Å². The highest BCUT2D eigenvalue weighted by Gasteiger charge is 2.37. The first-order chi connectivity index (χ1) is 13.1. The second-order valence-corrected chi connectivity index (χ2v) is 6.24. The van der Waals surface area contributed by atoms with Crippen LogP contribution in [0.5, 0.6) is 5.75 Å². The lowest BCUT2D eigenvalue weighted by Crippen LogP contribution is -2.32. The van der Waals surface area contributed by atoms with E-state index in [9.17, 15) is 14.9 Å². The number of rotatable bonds is 4. The number of fused-ring (bicyclic) bond motifs is 3. The summed E-state index contributed by atoms with van der Waals surface area (Å²) in [6.07, 6.45) is -0.327. The summed E-state index contributed by atoms with van der Waals surface area (Å²) in [4.78, 5) is 23.8. The molecule has 0 unspecified atom stereocenters. The minimum Gasteiger partial charge on any atom is -0.464 e. The van der Waals surface area contributed by atoms with Gasteiger partial charge in [0.2, 0.25) is 6.29 Å². The molecule has 0 saturated heterocycles. The molecule has 0 fully saturated rings. The van der Waals surface area contributed by atoms with Gasteiger partial charge in [0.15, 0.2) is 0 Å². The van der Waals surface area contributed by atoms with Crippen molar-refractivity contribution >= 4 is 16.7 Å². The predicted octanol–water partition coefficient (Wildman–Crippen LogP) is 3.98. The summed E-state index contributed by atoms with van der Waals surface area (Å²) in [5, 5.41) is 12.2. The zero-order chi connectivity index (χ0) is 19.0. The summed E-state index contributed by atoms with van der Waals surface area (Å²) >= 11 is 0. The van der Waals surface area contributed by atoms with Crippen LogP contribution >= 0.6 is 0 Å². The Bertz CT molecular complexity index is 1070. The maximum absolute atomic E-state index is 12.7. The average molecular weight is 367 g/mol. The lowest BCUT2D eigenvalue weighted by molar-refractivity contribution is -0.385. The van der Waals surface area contributed by atoms with Crippen LogP contribution in [0.3, 0.4) is 0 Å². The number of nitrogens with zero attached hydrogens (tertiary/aromatic N) is 1. The van der Waals surface area contributed by atoms with Crippen LogP contribution < -0.4 is 10.4 Å². The van der Waals surface area contributed by atoms with Gasteiger partial charge in [-0.1, -0.05) is 30.3 Å². The number of hydrogen-bond acceptors (Lipinski definition) is 6. The molecule has 1 aliphatic rings. The Balaban J connectivity index is 1.98. The summed E-state index contributed by atoms with van der Waals surface area (Å²) in [5.41, 5.74) is 0.540. The van der Waals surface area contributed by atoms with E-state index in [1.807, 2.05) is 13.0 Å². The molecule has 0 spiro atoms. The molecule has 2 heterocycles. The summed E-state index contributed by atoms with van der Waals surface area (Å²) in [6.45, 7) is 2.26. The molecule has 1 aromatic heterocycles. The normalized spacial score (nSPS) is 18.7. The highest BCUT2D eigenvalue weighted by molar-refractivity contribution is 5.85. The van der Waals surface area contributed by atoms with Crippen molar-refractivity contribution in [2.24, 2.45) is 0 Å². The van der Waals surface area contributed by atoms with Gasteiger partial charge in [-0.2, -0.15) is 0 Å². The molecule has 1 aliphatic heterocycles. The quantitative estimate of drug-likeness (QED) is 0.393. The number of benzene rings is 2. The van der Waals surface area contributed by atoms with Crippen molar-refractivity contribution in [2.75, 3.05) is 6.61 Å². The first-order valence-corrected chi connectivity index (χ1v) is 8.67. The zero-order valence-corrected chi connectivity index (χ0v) is 14.6. The van der Waals surface area contributed by atoms with Crippen LogP contribution in [0.25, 0.3) is 11.0 Å². The molecule has 3 aromatic rings. The van der Waals surface area contributed by atoms with E-state index in [2.05, 4.69) is 0 Å². The molecule has 2 aromatic carbocycles. The molecule has 0 amide bonds. The number of para-hydroxylation sites is 2. The van der Waals surface area contributed by atoms with Gasteiger partial charge >= 0.3 is 5.63 Å². The third kappa shape index (κ3) is 2.96. The summed E-state index contributed by atoms with van der Waals surface area (Å²) in [7, 11) is 0. The van der Waals surface area contributed by atoms with Gasteiger partial charge in [0.1, 0.15) is 11.3 Å². The second-order valence-electron chi connectivity index (χ2n) is 6.24. The molecule has 27 heavy (non-hydrogen) atoms. The number of hydrogen-bond donors (Lipinski definition) is 0. The topological polar surface area (TPSA) is 91.8 Å². The number of ether oxygens (including phenoxy) is 2. The van der Waals surface area contributed by atoms with Crippen LogP contribution in [0.4, 0.5) is 5.69 Å². The standard InChI is InChI=1S/C20H17NO6/c1-2-25-17-11-14(12-7-3-5-9-15(12)21(23)24)18-19(27-17)13-8-4-6-10-16(13)26-20(18)22/h3-10,14,17H,2,11H2,1H3/t14-,17-/m1/s1. The van der Waals surface area contributed by atoms with Crippen LogP contribution in [0.1, 0.15) is 30.4 Å². The van der Waals surface area contributed by atoms with Gasteiger partial charge in [-0.05, 0) is 19.1 Å². The minimum atomic E-state index is -0.613. The largest absolute Gasteiger partial charge is 0.464 e. The van der Waals surface area contributed by atoms with E-state index in [1.54, 1.807) is 36.4 Å². The Morgan fingerprint density at radius 1 is 1.19 bits per heavy atom. The Morgan fingerprint density at radius 3 is 2.70 bits per heavy atom. The molecular weight excluding hydrogens is 350 g/mol. The van der Waals surface area contributed by atoms with Crippen molar-refractivity contribution in [3.05, 3.63) is 80.2 Å². The Hall–Kier alpha value is -3.19. The molecular formula is C20H17NO6. The third-order valence-corrected chi connectivity index (χ3v) is 4.69. The molecule has 0 radical (unpaired) electrons. The molecule has 2 atom stereocenters.